The molecule has 170 valence electrons. The van der Waals surface area contributed by atoms with E-state index in [-0.39, 0.29) is 5.95 Å². The number of piperidine rings is 1. The molecule has 1 fully saturated rings. The molecule has 0 bridgehead atoms. The van der Waals surface area contributed by atoms with E-state index in [4.69, 9.17) is 10.2 Å². The van der Waals surface area contributed by atoms with Crippen molar-refractivity contribution in [1.82, 2.24) is 24.6 Å². The number of nitrogens with one attached hydrogen (secondary N) is 1. The number of fused-ring (bicyclic) bond motifs is 1. The molecule has 34 heavy (non-hydrogen) atoms. The fourth-order valence-corrected chi connectivity index (χ4v) is 4.40. The summed E-state index contributed by atoms with van der Waals surface area (Å²) in [6, 6.07) is 18.4. The Kier molecular flexibility index (Phi) is 5.06. The predicted molar refractivity (Wildman–Crippen MR) is 131 cm³/mol. The summed E-state index contributed by atoms with van der Waals surface area (Å²) in [6.45, 7) is 1.96. The maximum atomic E-state index is 6.22. The fourth-order valence-electron chi connectivity index (χ4n) is 4.40. The Bertz CT molecular complexity index is 1410. The van der Waals surface area contributed by atoms with Crippen LogP contribution >= 0.6 is 0 Å². The third kappa shape index (κ3) is 3.92. The highest BCUT2D eigenvalue weighted by molar-refractivity contribution is 5.70. The Balaban J connectivity index is 1.21. The summed E-state index contributed by atoms with van der Waals surface area (Å²) in [6.07, 6.45) is 7.38. The molecule has 0 aliphatic carbocycles. The van der Waals surface area contributed by atoms with E-state index in [0.717, 1.165) is 42.9 Å². The summed E-state index contributed by atoms with van der Waals surface area (Å²) in [4.78, 5) is 15.8. The number of benzene rings is 1. The first-order valence-corrected chi connectivity index (χ1v) is 11.3. The molecule has 1 aliphatic rings. The molecule has 4 aromatic heterocycles. The zero-order chi connectivity index (χ0) is 22.9. The minimum atomic E-state index is 0.283. The lowest BCUT2D eigenvalue weighted by Gasteiger charge is -2.34. The monoisotopic (exact) mass is 452 g/mol. The second kappa shape index (κ2) is 8.51. The van der Waals surface area contributed by atoms with Crippen LogP contribution in [-0.4, -0.2) is 43.7 Å². The van der Waals surface area contributed by atoms with Crippen LogP contribution in [-0.2, 0) is 0 Å². The van der Waals surface area contributed by atoms with Gasteiger partial charge in [0, 0.05) is 48.8 Å². The van der Waals surface area contributed by atoms with Gasteiger partial charge in [-0.25, -0.2) is 9.97 Å². The number of nitrogen functional groups attached to an aromatic ring is 1. The standard InChI is InChI=1S/C25H24N8O/c26-25-29-21(15-23-30-24(31-33(23)25)22-7-3-13-34-22)17-4-1-6-20(14-17)32-11-8-18(9-12-32)28-19-5-2-10-27-16-19/h1-7,10,13-16,18,28H,8-9,11-12H2,(H2,26,29). The molecule has 5 aromatic rings. The van der Waals surface area contributed by atoms with Crippen LogP contribution in [0.5, 0.6) is 0 Å². The Hall–Kier alpha value is -4.40. The summed E-state index contributed by atoms with van der Waals surface area (Å²) in [5.41, 5.74) is 10.8. The molecular weight excluding hydrogens is 428 g/mol. The smallest absolute Gasteiger partial charge is 0.223 e. The van der Waals surface area contributed by atoms with E-state index in [0.29, 0.717) is 23.3 Å². The first-order valence-electron chi connectivity index (χ1n) is 11.3. The van der Waals surface area contributed by atoms with Crippen LogP contribution in [0.1, 0.15) is 12.8 Å². The minimum Gasteiger partial charge on any atom is -0.461 e. The molecule has 9 heteroatoms. The molecule has 1 aliphatic heterocycles. The number of hydrogen-bond acceptors (Lipinski definition) is 8. The maximum Gasteiger partial charge on any atom is 0.223 e. The SMILES string of the molecule is Nc1nc(-c2cccc(N3CCC(Nc4cccnc4)CC3)c2)cc2nc(-c3ccco3)nn12. The lowest BCUT2D eigenvalue weighted by Crippen LogP contribution is -2.39. The van der Waals surface area contributed by atoms with Crippen molar-refractivity contribution in [3.63, 3.8) is 0 Å². The van der Waals surface area contributed by atoms with Crippen molar-refractivity contribution in [2.45, 2.75) is 18.9 Å². The lowest BCUT2D eigenvalue weighted by atomic mass is 10.0. The molecule has 0 saturated carbocycles. The van der Waals surface area contributed by atoms with Crippen LogP contribution in [0.3, 0.4) is 0 Å². The summed E-state index contributed by atoms with van der Waals surface area (Å²) >= 11 is 0. The van der Waals surface area contributed by atoms with Crippen LogP contribution in [0.15, 0.2) is 77.7 Å². The second-order valence-electron chi connectivity index (χ2n) is 8.38. The molecule has 0 unspecified atom stereocenters. The van der Waals surface area contributed by atoms with Gasteiger partial charge >= 0.3 is 0 Å². The molecule has 0 spiro atoms. The van der Waals surface area contributed by atoms with Gasteiger partial charge in [0.05, 0.1) is 17.6 Å². The number of nitrogens with two attached hydrogens (primary N) is 1. The van der Waals surface area contributed by atoms with Crippen LogP contribution in [0, 0.1) is 0 Å². The first kappa shape index (κ1) is 20.2. The zero-order valence-corrected chi connectivity index (χ0v) is 18.5. The molecule has 9 nitrogen and oxygen atoms in total. The van der Waals surface area contributed by atoms with Crippen molar-refractivity contribution in [3.8, 4) is 22.8 Å². The first-order chi connectivity index (χ1) is 16.7. The van der Waals surface area contributed by atoms with E-state index < -0.39 is 0 Å². The third-order valence-corrected chi connectivity index (χ3v) is 6.13. The summed E-state index contributed by atoms with van der Waals surface area (Å²) < 4.78 is 6.95. The van der Waals surface area contributed by atoms with E-state index in [1.54, 1.807) is 18.5 Å². The van der Waals surface area contributed by atoms with Gasteiger partial charge in [0.1, 0.15) is 0 Å². The summed E-state index contributed by atoms with van der Waals surface area (Å²) in [5.74, 6) is 1.35. The van der Waals surface area contributed by atoms with Gasteiger partial charge in [-0.3, -0.25) is 4.98 Å². The quantitative estimate of drug-likeness (QED) is 0.410. The van der Waals surface area contributed by atoms with Gasteiger partial charge < -0.3 is 20.4 Å². The van der Waals surface area contributed by atoms with Crippen molar-refractivity contribution in [2.75, 3.05) is 29.0 Å². The highest BCUT2D eigenvalue weighted by Crippen LogP contribution is 2.28. The van der Waals surface area contributed by atoms with Gasteiger partial charge in [-0.2, -0.15) is 4.52 Å². The van der Waals surface area contributed by atoms with E-state index in [9.17, 15) is 0 Å². The summed E-state index contributed by atoms with van der Waals surface area (Å²) in [7, 11) is 0. The van der Waals surface area contributed by atoms with Crippen molar-refractivity contribution in [3.05, 3.63) is 73.3 Å². The Morgan fingerprint density at radius 2 is 1.91 bits per heavy atom. The van der Waals surface area contributed by atoms with Crippen LogP contribution in [0.2, 0.25) is 0 Å². The predicted octanol–water partition coefficient (Wildman–Crippen LogP) is 4.11. The molecule has 5 heterocycles. The van der Waals surface area contributed by atoms with Gasteiger partial charge in [0.15, 0.2) is 11.4 Å². The van der Waals surface area contributed by atoms with Crippen LogP contribution in [0.4, 0.5) is 17.3 Å². The molecule has 1 aromatic carbocycles. The van der Waals surface area contributed by atoms with Gasteiger partial charge in [-0.15, -0.1) is 5.10 Å². The van der Waals surface area contributed by atoms with Gasteiger partial charge in [0.25, 0.3) is 0 Å². The normalized spacial score (nSPS) is 14.5. The van der Waals surface area contributed by atoms with Crippen LogP contribution < -0.4 is 16.0 Å². The molecule has 0 radical (unpaired) electrons. The van der Waals surface area contributed by atoms with Crippen LogP contribution in [0.25, 0.3) is 28.5 Å². The zero-order valence-electron chi connectivity index (χ0n) is 18.5. The molecule has 1 saturated heterocycles. The summed E-state index contributed by atoms with van der Waals surface area (Å²) in [5, 5.41) is 8.01. The average Bonchev–Trinajstić information content (AvgIpc) is 3.56. The van der Waals surface area contributed by atoms with Crippen molar-refractivity contribution in [1.29, 1.82) is 0 Å². The van der Waals surface area contributed by atoms with Crippen molar-refractivity contribution >= 4 is 23.0 Å². The number of nitrogens with zero attached hydrogens (tertiary/aromatic N) is 6. The Morgan fingerprint density at radius 1 is 1.00 bits per heavy atom. The highest BCUT2D eigenvalue weighted by Gasteiger charge is 2.20. The Morgan fingerprint density at radius 3 is 2.71 bits per heavy atom. The number of aromatic nitrogens is 5. The minimum absolute atomic E-state index is 0.283. The number of pyridine rings is 1. The van der Waals surface area contributed by atoms with Gasteiger partial charge in [-0.1, -0.05) is 12.1 Å². The van der Waals surface area contributed by atoms with E-state index in [1.807, 2.05) is 30.5 Å². The maximum absolute atomic E-state index is 6.22. The number of anilines is 3. The number of hydrogen-bond donors (Lipinski definition) is 2. The Labute approximate surface area is 196 Å². The fraction of sp³-hybridized carbons (Fsp3) is 0.200. The van der Waals surface area contributed by atoms with Gasteiger partial charge in [0.2, 0.25) is 11.8 Å². The molecule has 6 rings (SSSR count). The highest BCUT2D eigenvalue weighted by atomic mass is 16.3. The molecular formula is C25H24N8O. The second-order valence-corrected chi connectivity index (χ2v) is 8.38. The molecule has 0 amide bonds. The lowest BCUT2D eigenvalue weighted by molar-refractivity contribution is 0.526. The molecule has 3 N–H and O–H groups in total. The number of furan rings is 1. The average molecular weight is 453 g/mol. The number of rotatable bonds is 5. The topological polar surface area (TPSA) is 110 Å². The van der Waals surface area contributed by atoms with E-state index >= 15 is 0 Å². The van der Waals surface area contributed by atoms with Crippen molar-refractivity contribution in [2.24, 2.45) is 0 Å². The van der Waals surface area contributed by atoms with Gasteiger partial charge in [-0.05, 0) is 49.2 Å². The molecule has 0 atom stereocenters. The van der Waals surface area contributed by atoms with Crippen molar-refractivity contribution < 1.29 is 4.42 Å². The third-order valence-electron chi connectivity index (χ3n) is 6.13. The van der Waals surface area contributed by atoms with E-state index in [2.05, 4.69) is 54.5 Å². The van der Waals surface area contributed by atoms with E-state index in [1.165, 1.54) is 10.2 Å². The largest absolute Gasteiger partial charge is 0.461 e.